The van der Waals surface area contributed by atoms with Crippen molar-refractivity contribution in [2.24, 2.45) is 0 Å². The molecule has 1 aliphatic rings. The van der Waals surface area contributed by atoms with Gasteiger partial charge in [0.2, 0.25) is 0 Å². The van der Waals surface area contributed by atoms with Gasteiger partial charge in [0.05, 0.1) is 6.61 Å². The Morgan fingerprint density at radius 1 is 1.24 bits per heavy atom. The van der Waals surface area contributed by atoms with Gasteiger partial charge in [0.1, 0.15) is 5.75 Å². The molecule has 0 spiro atoms. The van der Waals surface area contributed by atoms with Gasteiger partial charge in [-0.05, 0) is 43.9 Å². The Morgan fingerprint density at radius 3 is 2.81 bits per heavy atom. The maximum atomic E-state index is 5.88. The fourth-order valence-electron chi connectivity index (χ4n) is 2.51. The lowest BCUT2D eigenvalue weighted by molar-refractivity contribution is 0.192. The van der Waals surface area contributed by atoms with E-state index < -0.39 is 0 Å². The van der Waals surface area contributed by atoms with Crippen LogP contribution in [0, 0.1) is 20.8 Å². The van der Waals surface area contributed by atoms with Gasteiger partial charge in [-0.3, -0.25) is 0 Å². The second-order valence-corrected chi connectivity index (χ2v) is 5.55. The first-order valence-corrected chi connectivity index (χ1v) is 7.25. The number of benzene rings is 1. The first-order valence-electron chi connectivity index (χ1n) is 7.25. The molecule has 1 atom stereocenters. The van der Waals surface area contributed by atoms with Crippen LogP contribution in [0.1, 0.15) is 40.7 Å². The minimum absolute atomic E-state index is 0.255. The molecule has 1 aromatic carbocycles. The molecule has 1 saturated heterocycles. The number of rotatable bonds is 4. The summed E-state index contributed by atoms with van der Waals surface area (Å²) in [7, 11) is 0. The molecule has 0 N–H and O–H groups in total. The SMILES string of the molecule is Cc1ccc(C)c(OCc2nc([C@H]3CCOC3)no2)c1C. The fourth-order valence-corrected chi connectivity index (χ4v) is 2.51. The Morgan fingerprint density at radius 2 is 2.05 bits per heavy atom. The molecule has 0 saturated carbocycles. The summed E-state index contributed by atoms with van der Waals surface area (Å²) in [6, 6.07) is 4.16. The summed E-state index contributed by atoms with van der Waals surface area (Å²) in [6.07, 6.45) is 0.954. The van der Waals surface area contributed by atoms with Crippen molar-refractivity contribution >= 4 is 0 Å². The maximum absolute atomic E-state index is 5.88. The van der Waals surface area contributed by atoms with Crippen LogP contribution in [-0.2, 0) is 11.3 Å². The summed E-state index contributed by atoms with van der Waals surface area (Å²) in [6.45, 7) is 7.92. The minimum atomic E-state index is 0.255. The normalized spacial score (nSPS) is 18.1. The van der Waals surface area contributed by atoms with Crippen LogP contribution in [0.5, 0.6) is 5.75 Å². The molecule has 21 heavy (non-hydrogen) atoms. The highest BCUT2D eigenvalue weighted by Crippen LogP contribution is 2.27. The van der Waals surface area contributed by atoms with E-state index in [4.69, 9.17) is 14.0 Å². The number of hydrogen-bond acceptors (Lipinski definition) is 5. The van der Waals surface area contributed by atoms with E-state index in [9.17, 15) is 0 Å². The Labute approximate surface area is 124 Å². The quantitative estimate of drug-likeness (QED) is 0.865. The largest absolute Gasteiger partial charge is 0.483 e. The van der Waals surface area contributed by atoms with Crippen LogP contribution in [0.15, 0.2) is 16.7 Å². The van der Waals surface area contributed by atoms with Crippen molar-refractivity contribution in [2.45, 2.75) is 39.7 Å². The molecule has 2 heterocycles. The minimum Gasteiger partial charge on any atom is -0.483 e. The van der Waals surface area contributed by atoms with E-state index in [0.29, 0.717) is 19.1 Å². The molecule has 0 aliphatic carbocycles. The van der Waals surface area contributed by atoms with Gasteiger partial charge in [0, 0.05) is 12.5 Å². The van der Waals surface area contributed by atoms with E-state index in [1.165, 1.54) is 5.56 Å². The molecule has 112 valence electrons. The maximum Gasteiger partial charge on any atom is 0.264 e. The summed E-state index contributed by atoms with van der Waals surface area (Å²) in [5, 5.41) is 4.03. The van der Waals surface area contributed by atoms with E-state index in [2.05, 4.69) is 36.1 Å². The molecular weight excluding hydrogens is 268 g/mol. The van der Waals surface area contributed by atoms with Gasteiger partial charge in [-0.25, -0.2) is 0 Å². The fraction of sp³-hybridized carbons (Fsp3) is 0.500. The van der Waals surface area contributed by atoms with Crippen LogP contribution in [0.2, 0.25) is 0 Å². The standard InChI is InChI=1S/C16H20N2O3/c1-10-4-5-11(2)15(12(10)3)20-9-14-17-16(18-21-14)13-6-7-19-8-13/h4-5,13H,6-9H2,1-3H3/t13-/m0/s1. The van der Waals surface area contributed by atoms with Crippen LogP contribution >= 0.6 is 0 Å². The van der Waals surface area contributed by atoms with E-state index in [1.807, 2.05) is 6.92 Å². The topological polar surface area (TPSA) is 57.4 Å². The van der Waals surface area contributed by atoms with Gasteiger partial charge in [0.25, 0.3) is 5.89 Å². The zero-order valence-corrected chi connectivity index (χ0v) is 12.7. The Hall–Kier alpha value is -1.88. The Balaban J connectivity index is 1.69. The second-order valence-electron chi connectivity index (χ2n) is 5.55. The smallest absolute Gasteiger partial charge is 0.264 e. The summed E-state index contributed by atoms with van der Waals surface area (Å²) in [5.41, 5.74) is 3.48. The second kappa shape index (κ2) is 5.85. The zero-order valence-electron chi connectivity index (χ0n) is 12.7. The molecule has 0 bridgehead atoms. The van der Waals surface area contributed by atoms with Crippen LogP contribution in [0.4, 0.5) is 0 Å². The van der Waals surface area contributed by atoms with E-state index in [-0.39, 0.29) is 5.92 Å². The highest BCUT2D eigenvalue weighted by molar-refractivity contribution is 5.44. The summed E-state index contributed by atoms with van der Waals surface area (Å²) in [5.74, 6) is 2.39. The van der Waals surface area contributed by atoms with Crippen molar-refractivity contribution in [1.82, 2.24) is 10.1 Å². The average Bonchev–Trinajstić information content (AvgIpc) is 3.13. The van der Waals surface area contributed by atoms with Crippen molar-refractivity contribution in [2.75, 3.05) is 13.2 Å². The predicted octanol–water partition coefficient (Wildman–Crippen LogP) is 3.08. The molecule has 0 unspecified atom stereocenters. The summed E-state index contributed by atoms with van der Waals surface area (Å²) < 4.78 is 16.5. The molecule has 1 aliphatic heterocycles. The van der Waals surface area contributed by atoms with Crippen LogP contribution in [0.25, 0.3) is 0 Å². The summed E-state index contributed by atoms with van der Waals surface area (Å²) >= 11 is 0. The molecule has 3 rings (SSSR count). The number of nitrogens with zero attached hydrogens (tertiary/aromatic N) is 2. The Kier molecular flexibility index (Phi) is 3.92. The molecule has 5 heteroatoms. The van der Waals surface area contributed by atoms with Crippen molar-refractivity contribution in [1.29, 1.82) is 0 Å². The molecule has 1 aromatic heterocycles. The van der Waals surface area contributed by atoms with Gasteiger partial charge >= 0.3 is 0 Å². The van der Waals surface area contributed by atoms with Crippen molar-refractivity contribution in [3.8, 4) is 5.75 Å². The van der Waals surface area contributed by atoms with Crippen molar-refractivity contribution < 1.29 is 14.0 Å². The number of hydrogen-bond donors (Lipinski definition) is 0. The molecule has 5 nitrogen and oxygen atoms in total. The van der Waals surface area contributed by atoms with Crippen LogP contribution in [0.3, 0.4) is 0 Å². The number of aromatic nitrogens is 2. The van der Waals surface area contributed by atoms with E-state index >= 15 is 0 Å². The molecule has 1 fully saturated rings. The third kappa shape index (κ3) is 2.93. The van der Waals surface area contributed by atoms with Crippen LogP contribution < -0.4 is 4.74 Å². The average molecular weight is 288 g/mol. The van der Waals surface area contributed by atoms with Gasteiger partial charge in [-0.15, -0.1) is 0 Å². The molecule has 0 radical (unpaired) electrons. The lowest BCUT2D eigenvalue weighted by atomic mass is 10.1. The van der Waals surface area contributed by atoms with Crippen LogP contribution in [-0.4, -0.2) is 23.4 Å². The first kappa shape index (κ1) is 14.1. The van der Waals surface area contributed by atoms with Gasteiger partial charge in [-0.2, -0.15) is 4.98 Å². The third-order valence-corrected chi connectivity index (χ3v) is 3.99. The zero-order chi connectivity index (χ0) is 14.8. The van der Waals surface area contributed by atoms with Crippen molar-refractivity contribution in [3.05, 3.63) is 40.5 Å². The molecule has 0 amide bonds. The highest BCUT2D eigenvalue weighted by atomic mass is 16.5. The first-order chi connectivity index (χ1) is 10.1. The lowest BCUT2D eigenvalue weighted by Gasteiger charge is -2.12. The number of ether oxygens (including phenoxy) is 2. The van der Waals surface area contributed by atoms with Gasteiger partial charge < -0.3 is 14.0 Å². The lowest BCUT2D eigenvalue weighted by Crippen LogP contribution is -2.02. The third-order valence-electron chi connectivity index (χ3n) is 3.99. The molecular formula is C16H20N2O3. The number of aryl methyl sites for hydroxylation is 2. The Bertz CT molecular complexity index is 630. The van der Waals surface area contributed by atoms with Crippen molar-refractivity contribution in [3.63, 3.8) is 0 Å². The predicted molar refractivity (Wildman–Crippen MR) is 77.5 cm³/mol. The summed E-state index contributed by atoms with van der Waals surface area (Å²) in [4.78, 5) is 4.41. The van der Waals surface area contributed by atoms with E-state index in [1.54, 1.807) is 0 Å². The monoisotopic (exact) mass is 288 g/mol. The van der Waals surface area contributed by atoms with Gasteiger partial charge in [-0.1, -0.05) is 17.3 Å². The highest BCUT2D eigenvalue weighted by Gasteiger charge is 2.23. The molecule has 2 aromatic rings. The van der Waals surface area contributed by atoms with Gasteiger partial charge in [0.15, 0.2) is 12.4 Å². The van der Waals surface area contributed by atoms with E-state index in [0.717, 1.165) is 35.7 Å².